The molecule has 0 radical (unpaired) electrons. The van der Waals surface area contributed by atoms with Crippen molar-refractivity contribution in [1.82, 2.24) is 10.2 Å². The van der Waals surface area contributed by atoms with Gasteiger partial charge in [-0.1, -0.05) is 13.3 Å². The van der Waals surface area contributed by atoms with Crippen molar-refractivity contribution in [3.63, 3.8) is 0 Å². The largest absolute Gasteiger partial charge is 0.406 e. The van der Waals surface area contributed by atoms with E-state index in [4.69, 9.17) is 0 Å². The molecule has 2 aliphatic rings. The quantitative estimate of drug-likeness (QED) is 0.853. The maximum absolute atomic E-state index is 13.5. The van der Waals surface area contributed by atoms with E-state index in [0.717, 1.165) is 25.9 Å². The van der Waals surface area contributed by atoms with E-state index in [0.29, 0.717) is 31.8 Å². The summed E-state index contributed by atoms with van der Waals surface area (Å²) in [6.07, 6.45) is -0.143. The Morgan fingerprint density at radius 2 is 2.05 bits per heavy atom. The first-order chi connectivity index (χ1) is 8.99. The highest BCUT2D eigenvalue weighted by Gasteiger charge is 2.59. The summed E-state index contributed by atoms with van der Waals surface area (Å²) in [6, 6.07) is 0. The number of rotatable bonds is 4. The molecule has 20 heavy (non-hydrogen) atoms. The van der Waals surface area contributed by atoms with Crippen LogP contribution in [0.4, 0.5) is 13.2 Å². The molecule has 0 aromatic carbocycles. The lowest BCUT2D eigenvalue weighted by Gasteiger charge is -2.42. The van der Waals surface area contributed by atoms with Crippen LogP contribution in [0.2, 0.25) is 0 Å². The molecule has 1 N–H and O–H groups in total. The van der Waals surface area contributed by atoms with Crippen molar-refractivity contribution in [3.05, 3.63) is 0 Å². The summed E-state index contributed by atoms with van der Waals surface area (Å²) in [6.45, 7) is 4.95. The fourth-order valence-electron chi connectivity index (χ4n) is 3.75. The van der Waals surface area contributed by atoms with E-state index < -0.39 is 11.7 Å². The predicted molar refractivity (Wildman–Crippen MR) is 77.3 cm³/mol. The van der Waals surface area contributed by atoms with Crippen molar-refractivity contribution in [2.45, 2.75) is 57.2 Å². The number of nitrogens with one attached hydrogen (secondary N) is 1. The first-order valence-electron chi connectivity index (χ1n) is 7.52. The number of likely N-dealkylation sites (tertiary alicyclic amines) is 1. The van der Waals surface area contributed by atoms with E-state index in [-0.39, 0.29) is 25.2 Å². The second-order valence-corrected chi connectivity index (χ2v) is 6.04. The van der Waals surface area contributed by atoms with E-state index >= 15 is 0 Å². The summed E-state index contributed by atoms with van der Waals surface area (Å²) in [4.78, 5) is 1.74. The molecule has 0 spiro atoms. The Balaban J connectivity index is 0.00000200. The molecule has 2 heterocycles. The minimum Gasteiger partial charge on any atom is -0.316 e. The fraction of sp³-hybridized carbons (Fsp3) is 1.00. The molecule has 0 aromatic heterocycles. The topological polar surface area (TPSA) is 15.3 Å². The Labute approximate surface area is 125 Å². The van der Waals surface area contributed by atoms with E-state index in [1.165, 1.54) is 0 Å². The Hall–Kier alpha value is 0. The third-order valence-electron chi connectivity index (χ3n) is 4.69. The zero-order valence-corrected chi connectivity index (χ0v) is 13.0. The average molecular weight is 315 g/mol. The molecule has 120 valence electrons. The van der Waals surface area contributed by atoms with Gasteiger partial charge in [-0.05, 0) is 57.7 Å². The van der Waals surface area contributed by atoms with E-state index in [1.807, 2.05) is 6.92 Å². The van der Waals surface area contributed by atoms with Crippen LogP contribution in [0.3, 0.4) is 0 Å². The van der Waals surface area contributed by atoms with Crippen molar-refractivity contribution >= 4 is 12.4 Å². The second-order valence-electron chi connectivity index (χ2n) is 6.04. The number of piperidine rings is 1. The van der Waals surface area contributed by atoms with Gasteiger partial charge in [0.25, 0.3) is 0 Å². The lowest BCUT2D eigenvalue weighted by Crippen LogP contribution is -2.57. The molecule has 2 aliphatic heterocycles. The third kappa shape index (κ3) is 3.60. The van der Waals surface area contributed by atoms with Gasteiger partial charge in [-0.25, -0.2) is 0 Å². The van der Waals surface area contributed by atoms with Gasteiger partial charge in [-0.3, -0.25) is 4.90 Å². The molecule has 2 nitrogen and oxygen atoms in total. The van der Waals surface area contributed by atoms with Gasteiger partial charge in [-0.15, -0.1) is 12.4 Å². The Bertz CT molecular complexity index is 293. The highest BCUT2D eigenvalue weighted by Crippen LogP contribution is 2.46. The van der Waals surface area contributed by atoms with Crippen LogP contribution in [-0.2, 0) is 0 Å². The normalized spacial score (nSPS) is 32.1. The smallest absolute Gasteiger partial charge is 0.316 e. The molecule has 0 aliphatic carbocycles. The molecule has 0 bridgehead atoms. The first kappa shape index (κ1) is 18.1. The molecule has 0 amide bonds. The summed E-state index contributed by atoms with van der Waals surface area (Å²) in [5.41, 5.74) is -1.54. The molecule has 0 aromatic rings. The van der Waals surface area contributed by atoms with E-state index in [2.05, 4.69) is 5.32 Å². The van der Waals surface area contributed by atoms with Crippen LogP contribution in [0.15, 0.2) is 0 Å². The molecular weight excluding hydrogens is 289 g/mol. The van der Waals surface area contributed by atoms with Crippen LogP contribution in [0.1, 0.15) is 45.4 Å². The van der Waals surface area contributed by atoms with Crippen LogP contribution in [0.25, 0.3) is 0 Å². The van der Waals surface area contributed by atoms with Gasteiger partial charge in [-0.2, -0.15) is 13.2 Å². The highest BCUT2D eigenvalue weighted by atomic mass is 35.5. The summed E-state index contributed by atoms with van der Waals surface area (Å²) in [5.74, 6) is 0.380. The lowest BCUT2D eigenvalue weighted by molar-refractivity contribution is -0.227. The molecule has 2 atom stereocenters. The number of nitrogens with zero attached hydrogens (tertiary/aromatic N) is 1. The fourth-order valence-corrected chi connectivity index (χ4v) is 3.75. The SMILES string of the molecule is CCCC1(C(F)(F)F)CCCN1CC1CCCNC1.Cl. The Morgan fingerprint density at radius 1 is 1.30 bits per heavy atom. The van der Waals surface area contributed by atoms with Crippen molar-refractivity contribution < 1.29 is 13.2 Å². The van der Waals surface area contributed by atoms with Gasteiger partial charge in [0.15, 0.2) is 0 Å². The van der Waals surface area contributed by atoms with Crippen molar-refractivity contribution in [2.75, 3.05) is 26.2 Å². The molecule has 0 saturated carbocycles. The minimum atomic E-state index is -4.10. The zero-order valence-electron chi connectivity index (χ0n) is 12.1. The highest BCUT2D eigenvalue weighted by molar-refractivity contribution is 5.85. The summed E-state index contributed by atoms with van der Waals surface area (Å²) >= 11 is 0. The molecule has 6 heteroatoms. The van der Waals surface area contributed by atoms with Gasteiger partial charge in [0.1, 0.15) is 5.54 Å². The van der Waals surface area contributed by atoms with Crippen LogP contribution < -0.4 is 5.32 Å². The second kappa shape index (κ2) is 7.32. The summed E-state index contributed by atoms with van der Waals surface area (Å²) in [7, 11) is 0. The van der Waals surface area contributed by atoms with Crippen molar-refractivity contribution in [1.29, 1.82) is 0 Å². The van der Waals surface area contributed by atoms with Gasteiger partial charge >= 0.3 is 6.18 Å². The predicted octanol–water partition coefficient (Wildman–Crippen LogP) is 3.60. The van der Waals surface area contributed by atoms with E-state index in [1.54, 1.807) is 4.90 Å². The average Bonchev–Trinajstić information content (AvgIpc) is 2.75. The summed E-state index contributed by atoms with van der Waals surface area (Å²) < 4.78 is 40.6. The standard InChI is InChI=1S/C14H25F3N2.ClH/c1-2-6-13(14(15,16)17)7-4-9-19(13)11-12-5-3-8-18-10-12;/h12,18H,2-11H2,1H3;1H. The third-order valence-corrected chi connectivity index (χ3v) is 4.69. The van der Waals surface area contributed by atoms with E-state index in [9.17, 15) is 13.2 Å². The van der Waals surface area contributed by atoms with Crippen LogP contribution >= 0.6 is 12.4 Å². The van der Waals surface area contributed by atoms with Crippen LogP contribution in [-0.4, -0.2) is 42.8 Å². The van der Waals surface area contributed by atoms with Gasteiger partial charge < -0.3 is 5.32 Å². The Kier molecular flexibility index (Phi) is 6.61. The molecule has 2 fully saturated rings. The Morgan fingerprint density at radius 3 is 2.60 bits per heavy atom. The minimum absolute atomic E-state index is 0. The van der Waals surface area contributed by atoms with Gasteiger partial charge in [0.2, 0.25) is 0 Å². The lowest BCUT2D eigenvalue weighted by atomic mass is 9.88. The number of halogens is 4. The number of hydrogen-bond acceptors (Lipinski definition) is 2. The zero-order chi connectivity index (χ0) is 13.9. The number of hydrogen-bond donors (Lipinski definition) is 1. The van der Waals surface area contributed by atoms with Crippen molar-refractivity contribution in [2.24, 2.45) is 5.92 Å². The molecule has 2 rings (SSSR count). The molecule has 2 saturated heterocycles. The first-order valence-corrected chi connectivity index (χ1v) is 7.52. The molecule has 2 unspecified atom stereocenters. The maximum Gasteiger partial charge on any atom is 0.406 e. The van der Waals surface area contributed by atoms with Gasteiger partial charge in [0, 0.05) is 6.54 Å². The van der Waals surface area contributed by atoms with Crippen molar-refractivity contribution in [3.8, 4) is 0 Å². The van der Waals surface area contributed by atoms with Crippen LogP contribution in [0, 0.1) is 5.92 Å². The maximum atomic E-state index is 13.5. The number of alkyl halides is 3. The van der Waals surface area contributed by atoms with Gasteiger partial charge in [0.05, 0.1) is 0 Å². The summed E-state index contributed by atoms with van der Waals surface area (Å²) in [5, 5.41) is 3.30. The monoisotopic (exact) mass is 314 g/mol. The van der Waals surface area contributed by atoms with Crippen LogP contribution in [0.5, 0.6) is 0 Å². The molecular formula is C14H26ClF3N2.